The number of sulfonamides is 2. The molecule has 2 fully saturated rings. The number of aromatic nitrogens is 3. The van der Waals surface area contributed by atoms with Gasteiger partial charge in [-0.1, -0.05) is 13.8 Å². The smallest absolute Gasteiger partial charge is 0.243 e. The number of nitrogens with zero attached hydrogens (tertiary/aromatic N) is 5. The van der Waals surface area contributed by atoms with Gasteiger partial charge in [0.1, 0.15) is 17.2 Å². The van der Waals surface area contributed by atoms with Gasteiger partial charge in [0.15, 0.2) is 0 Å². The van der Waals surface area contributed by atoms with Gasteiger partial charge >= 0.3 is 0 Å². The second-order valence-electron chi connectivity index (χ2n) is 10.2. The zero-order chi connectivity index (χ0) is 27.8. The Morgan fingerprint density at radius 3 is 2.41 bits per heavy atom. The van der Waals surface area contributed by atoms with Crippen LogP contribution in [-0.4, -0.2) is 61.8 Å². The Morgan fingerprint density at radius 2 is 1.77 bits per heavy atom. The summed E-state index contributed by atoms with van der Waals surface area (Å²) >= 11 is 0. The molecule has 2 aliphatic rings. The third kappa shape index (κ3) is 5.78. The van der Waals surface area contributed by atoms with E-state index in [4.69, 9.17) is 9.56 Å². The predicted molar refractivity (Wildman–Crippen MR) is 145 cm³/mol. The average Bonchev–Trinajstić information content (AvgIpc) is 3.59. The standard InChI is InChI=1S/C25H33N7O5S2/c1-17(2)20-16-37-24(30-20)22-5-3-12-32(22)39(35,36)19-6-7-21(23(15-19)38(26,33)34)31-13-8-18(9-14-31)29-25-27-10-4-11-28-25/h4,6-7,10-11,15-18,22H,3,5,8-9,12-14H2,1-2H3,(H2,26,33,34)(H,27,28,29)/t22-/m0/s1. The van der Waals surface area contributed by atoms with Crippen LogP contribution in [0.15, 0.2) is 57.1 Å². The number of nitrogens with one attached hydrogen (secondary N) is 1. The van der Waals surface area contributed by atoms with Crippen molar-refractivity contribution in [2.45, 2.75) is 67.3 Å². The van der Waals surface area contributed by atoms with Crippen LogP contribution in [0.5, 0.6) is 0 Å². The number of nitrogens with two attached hydrogens (primary N) is 1. The van der Waals surface area contributed by atoms with Gasteiger partial charge in [0.05, 0.1) is 16.3 Å². The van der Waals surface area contributed by atoms with Gasteiger partial charge in [-0.2, -0.15) is 4.31 Å². The van der Waals surface area contributed by atoms with Crippen LogP contribution < -0.4 is 15.4 Å². The van der Waals surface area contributed by atoms with Crippen molar-refractivity contribution in [3.8, 4) is 0 Å². The molecule has 2 saturated heterocycles. The molecular weight excluding hydrogens is 542 g/mol. The van der Waals surface area contributed by atoms with Crippen LogP contribution in [0.4, 0.5) is 11.6 Å². The minimum atomic E-state index is -4.21. The Bertz CT molecular complexity index is 1520. The molecule has 2 aromatic heterocycles. The lowest BCUT2D eigenvalue weighted by Gasteiger charge is -2.35. The maximum atomic E-state index is 13.7. The maximum absolute atomic E-state index is 13.7. The van der Waals surface area contributed by atoms with Gasteiger partial charge in [-0.05, 0) is 55.9 Å². The van der Waals surface area contributed by atoms with E-state index < -0.39 is 26.1 Å². The topological polar surface area (TPSA) is 165 Å². The molecule has 3 N–H and O–H groups in total. The summed E-state index contributed by atoms with van der Waals surface area (Å²) in [6, 6.07) is 5.47. The number of hydrogen-bond donors (Lipinski definition) is 2. The quantitative estimate of drug-likeness (QED) is 0.408. The summed E-state index contributed by atoms with van der Waals surface area (Å²) in [5.74, 6) is 1.04. The van der Waals surface area contributed by atoms with Crippen molar-refractivity contribution in [2.24, 2.45) is 5.14 Å². The first-order valence-electron chi connectivity index (χ1n) is 13.0. The van der Waals surface area contributed by atoms with E-state index in [1.165, 1.54) is 22.5 Å². The SMILES string of the molecule is CC(C)c1coc([C@@H]2CCCN2S(=O)(=O)c2ccc(N3CCC(Nc4ncccn4)CC3)c(S(N)(=O)=O)c2)n1. The molecule has 1 atom stereocenters. The van der Waals surface area contributed by atoms with Crippen molar-refractivity contribution in [1.29, 1.82) is 0 Å². The van der Waals surface area contributed by atoms with Crippen molar-refractivity contribution >= 4 is 31.7 Å². The number of piperidine rings is 1. The molecule has 5 rings (SSSR count). The summed E-state index contributed by atoms with van der Waals surface area (Å²) in [4.78, 5) is 14.5. The molecule has 0 bridgehead atoms. The second kappa shape index (κ2) is 10.8. The molecule has 0 amide bonds. The second-order valence-corrected chi connectivity index (χ2v) is 13.6. The maximum Gasteiger partial charge on any atom is 0.243 e. The van der Waals surface area contributed by atoms with Crippen molar-refractivity contribution < 1.29 is 21.3 Å². The third-order valence-corrected chi connectivity index (χ3v) is 10.0. The van der Waals surface area contributed by atoms with E-state index in [-0.39, 0.29) is 28.3 Å². The predicted octanol–water partition coefficient (Wildman–Crippen LogP) is 2.84. The van der Waals surface area contributed by atoms with Gasteiger partial charge in [0.2, 0.25) is 31.9 Å². The summed E-state index contributed by atoms with van der Waals surface area (Å²) in [6.45, 7) is 5.35. The molecule has 0 aliphatic carbocycles. The molecule has 0 saturated carbocycles. The average molecular weight is 576 g/mol. The summed E-state index contributed by atoms with van der Waals surface area (Å²) in [5.41, 5.74) is 1.14. The van der Waals surface area contributed by atoms with Crippen LogP contribution >= 0.6 is 0 Å². The molecule has 0 unspecified atom stereocenters. The molecule has 2 aliphatic heterocycles. The molecule has 4 heterocycles. The lowest BCUT2D eigenvalue weighted by atomic mass is 10.0. The first kappa shape index (κ1) is 27.5. The number of oxazole rings is 1. The highest BCUT2D eigenvalue weighted by molar-refractivity contribution is 7.90. The fourth-order valence-corrected chi connectivity index (χ4v) is 7.63. The van der Waals surface area contributed by atoms with Gasteiger partial charge in [-0.15, -0.1) is 0 Å². The Kier molecular flexibility index (Phi) is 7.64. The van der Waals surface area contributed by atoms with Gasteiger partial charge in [0.25, 0.3) is 0 Å². The molecule has 1 aromatic carbocycles. The Hall–Kier alpha value is -3.07. The molecular formula is C25H33N7O5S2. The minimum absolute atomic E-state index is 0.125. The summed E-state index contributed by atoms with van der Waals surface area (Å²) in [6.07, 6.45) is 7.52. The van der Waals surface area contributed by atoms with Gasteiger partial charge in [-0.3, -0.25) is 0 Å². The first-order valence-corrected chi connectivity index (χ1v) is 15.9. The van der Waals surface area contributed by atoms with Crippen molar-refractivity contribution in [2.75, 3.05) is 29.9 Å². The van der Waals surface area contributed by atoms with Crippen molar-refractivity contribution in [1.82, 2.24) is 19.3 Å². The first-order chi connectivity index (χ1) is 18.5. The largest absolute Gasteiger partial charge is 0.447 e. The molecule has 3 aromatic rings. The van der Waals surface area contributed by atoms with Crippen molar-refractivity contribution in [3.05, 3.63) is 54.5 Å². The van der Waals surface area contributed by atoms with E-state index in [9.17, 15) is 16.8 Å². The highest BCUT2D eigenvalue weighted by atomic mass is 32.2. The number of hydrogen-bond acceptors (Lipinski definition) is 10. The van der Waals surface area contributed by atoms with E-state index in [1.807, 2.05) is 18.7 Å². The molecule has 210 valence electrons. The minimum Gasteiger partial charge on any atom is -0.447 e. The molecule has 0 spiro atoms. The monoisotopic (exact) mass is 575 g/mol. The highest BCUT2D eigenvalue weighted by Gasteiger charge is 2.39. The number of rotatable bonds is 8. The number of anilines is 2. The molecule has 39 heavy (non-hydrogen) atoms. The fraction of sp³-hybridized carbons (Fsp3) is 0.480. The van der Waals surface area contributed by atoms with Crippen LogP contribution in [0.25, 0.3) is 0 Å². The fourth-order valence-electron chi connectivity index (χ4n) is 5.09. The number of primary sulfonamides is 1. The van der Waals surface area contributed by atoms with E-state index >= 15 is 0 Å². The Morgan fingerprint density at radius 1 is 1.05 bits per heavy atom. The van der Waals surface area contributed by atoms with Crippen molar-refractivity contribution in [3.63, 3.8) is 0 Å². The zero-order valence-corrected chi connectivity index (χ0v) is 23.5. The van der Waals surface area contributed by atoms with Crippen LogP contribution in [0, 0.1) is 0 Å². The molecule has 0 radical (unpaired) electrons. The van der Waals surface area contributed by atoms with E-state index in [1.54, 1.807) is 24.7 Å². The Balaban J connectivity index is 1.38. The highest BCUT2D eigenvalue weighted by Crippen LogP contribution is 2.38. The van der Waals surface area contributed by atoms with E-state index in [0.29, 0.717) is 56.3 Å². The summed E-state index contributed by atoms with van der Waals surface area (Å²) in [7, 11) is -8.26. The van der Waals surface area contributed by atoms with Crippen LogP contribution in [0.1, 0.15) is 63.1 Å². The van der Waals surface area contributed by atoms with Crippen LogP contribution in [0.2, 0.25) is 0 Å². The van der Waals surface area contributed by atoms with Crippen LogP contribution in [-0.2, 0) is 20.0 Å². The molecule has 12 nitrogen and oxygen atoms in total. The Labute approximate surface area is 228 Å². The normalized spacial score (nSPS) is 19.6. The number of benzene rings is 1. The van der Waals surface area contributed by atoms with Crippen LogP contribution in [0.3, 0.4) is 0 Å². The zero-order valence-electron chi connectivity index (χ0n) is 21.9. The molecule has 14 heteroatoms. The van der Waals surface area contributed by atoms with E-state index in [0.717, 1.165) is 5.69 Å². The van der Waals surface area contributed by atoms with Gasteiger partial charge < -0.3 is 14.6 Å². The third-order valence-electron chi connectivity index (χ3n) is 7.20. The van der Waals surface area contributed by atoms with Gasteiger partial charge in [-0.25, -0.2) is 36.9 Å². The summed E-state index contributed by atoms with van der Waals surface area (Å²) < 4.78 is 59.7. The lowest BCUT2D eigenvalue weighted by molar-refractivity contribution is 0.329. The summed E-state index contributed by atoms with van der Waals surface area (Å²) in [5, 5.41) is 8.89. The van der Waals surface area contributed by atoms with E-state index in [2.05, 4.69) is 20.3 Å². The van der Waals surface area contributed by atoms with Gasteiger partial charge in [0, 0.05) is 38.1 Å². The lowest BCUT2D eigenvalue weighted by Crippen LogP contribution is -2.40.